The van der Waals surface area contributed by atoms with E-state index in [2.05, 4.69) is 4.99 Å². The fourth-order valence-electron chi connectivity index (χ4n) is 3.16. The van der Waals surface area contributed by atoms with Crippen molar-refractivity contribution in [1.82, 2.24) is 4.57 Å². The molecule has 0 spiro atoms. The summed E-state index contributed by atoms with van der Waals surface area (Å²) in [5.74, 6) is -0.483. The number of allylic oxidation sites excluding steroid dienone is 1. The van der Waals surface area contributed by atoms with Gasteiger partial charge in [0, 0.05) is 9.90 Å². The Labute approximate surface area is 173 Å². The monoisotopic (exact) mass is 430 g/mol. The second kappa shape index (κ2) is 7.50. The van der Waals surface area contributed by atoms with E-state index in [1.165, 1.54) is 29.8 Å². The molecule has 4 rings (SSSR count). The summed E-state index contributed by atoms with van der Waals surface area (Å²) in [4.78, 5) is 31.7. The van der Waals surface area contributed by atoms with Crippen molar-refractivity contribution in [2.75, 3.05) is 7.11 Å². The topological polar surface area (TPSA) is 60.7 Å². The van der Waals surface area contributed by atoms with Crippen LogP contribution in [0.2, 0.25) is 5.02 Å². The van der Waals surface area contributed by atoms with Gasteiger partial charge in [0.15, 0.2) is 4.80 Å². The van der Waals surface area contributed by atoms with Crippen LogP contribution in [0.5, 0.6) is 0 Å². The van der Waals surface area contributed by atoms with Crippen LogP contribution < -0.4 is 14.9 Å². The third-order valence-electron chi connectivity index (χ3n) is 4.39. The van der Waals surface area contributed by atoms with Crippen LogP contribution in [0.1, 0.15) is 23.4 Å². The van der Waals surface area contributed by atoms with E-state index >= 15 is 0 Å². The van der Waals surface area contributed by atoms with Crippen LogP contribution in [-0.4, -0.2) is 17.6 Å². The zero-order valence-electron chi connectivity index (χ0n) is 15.0. The molecule has 28 heavy (non-hydrogen) atoms. The zero-order valence-corrected chi connectivity index (χ0v) is 17.4. The van der Waals surface area contributed by atoms with Crippen LogP contribution in [0, 0.1) is 0 Å². The molecule has 1 aliphatic heterocycles. The molecule has 8 heteroatoms. The van der Waals surface area contributed by atoms with Crippen LogP contribution in [0.4, 0.5) is 0 Å². The number of hydrogen-bond donors (Lipinski definition) is 0. The third kappa shape index (κ3) is 3.26. The molecule has 5 nitrogen and oxygen atoms in total. The molecule has 0 saturated heterocycles. The van der Waals surface area contributed by atoms with Crippen LogP contribution in [0.15, 0.2) is 62.8 Å². The first-order valence-electron chi connectivity index (χ1n) is 8.39. The molecule has 0 N–H and O–H groups in total. The van der Waals surface area contributed by atoms with E-state index in [-0.39, 0.29) is 5.56 Å². The van der Waals surface area contributed by atoms with Gasteiger partial charge < -0.3 is 4.74 Å². The number of hydrogen-bond acceptors (Lipinski definition) is 6. The maximum absolute atomic E-state index is 13.3. The molecule has 0 amide bonds. The minimum atomic E-state index is -0.551. The second-order valence-corrected chi connectivity index (χ2v) is 8.57. The molecular weight excluding hydrogens is 416 g/mol. The first-order valence-corrected chi connectivity index (χ1v) is 10.5. The molecule has 2 aromatic heterocycles. The zero-order chi connectivity index (χ0) is 19.8. The fourth-order valence-corrected chi connectivity index (χ4v) is 5.23. The fraction of sp³-hybridized carbons (Fsp3) is 0.150. The predicted molar refractivity (Wildman–Crippen MR) is 112 cm³/mol. The van der Waals surface area contributed by atoms with Gasteiger partial charge in [-0.3, -0.25) is 9.36 Å². The number of ether oxygens (including phenoxy) is 1. The summed E-state index contributed by atoms with van der Waals surface area (Å²) in [5.41, 5.74) is 1.57. The van der Waals surface area contributed by atoms with E-state index < -0.39 is 12.0 Å². The molecule has 0 fully saturated rings. The molecule has 1 aliphatic rings. The van der Waals surface area contributed by atoms with E-state index in [0.717, 1.165) is 10.4 Å². The van der Waals surface area contributed by atoms with Gasteiger partial charge in [-0.25, -0.2) is 9.79 Å². The largest absolute Gasteiger partial charge is 0.466 e. The summed E-state index contributed by atoms with van der Waals surface area (Å²) in [6.07, 6.45) is 1.79. The maximum Gasteiger partial charge on any atom is 0.338 e. The smallest absolute Gasteiger partial charge is 0.338 e. The molecule has 0 radical (unpaired) electrons. The van der Waals surface area contributed by atoms with Crippen LogP contribution in [0.25, 0.3) is 6.08 Å². The van der Waals surface area contributed by atoms with Gasteiger partial charge >= 0.3 is 5.97 Å². The summed E-state index contributed by atoms with van der Waals surface area (Å²) >= 11 is 8.83. The lowest BCUT2D eigenvalue weighted by Gasteiger charge is -2.22. The maximum atomic E-state index is 13.3. The molecule has 0 saturated carbocycles. The van der Waals surface area contributed by atoms with Gasteiger partial charge in [0.25, 0.3) is 5.56 Å². The first-order chi connectivity index (χ1) is 13.5. The lowest BCUT2D eigenvalue weighted by Crippen LogP contribution is -2.39. The van der Waals surface area contributed by atoms with Crippen molar-refractivity contribution in [3.8, 4) is 0 Å². The number of halogens is 1. The molecule has 0 aliphatic carbocycles. The van der Waals surface area contributed by atoms with E-state index in [4.69, 9.17) is 16.3 Å². The molecule has 142 valence electrons. The van der Waals surface area contributed by atoms with Gasteiger partial charge in [-0.1, -0.05) is 41.1 Å². The number of methoxy groups -OCH3 is 1. The lowest BCUT2D eigenvalue weighted by molar-refractivity contribution is -0.136. The Hall–Kier alpha value is -2.48. The Morgan fingerprint density at radius 1 is 1.32 bits per heavy atom. The summed E-state index contributed by atoms with van der Waals surface area (Å²) < 4.78 is 7.08. The molecule has 0 unspecified atom stereocenters. The van der Waals surface area contributed by atoms with E-state index in [1.807, 2.05) is 29.6 Å². The van der Waals surface area contributed by atoms with Gasteiger partial charge in [0.05, 0.1) is 22.9 Å². The number of nitrogens with zero attached hydrogens (tertiary/aromatic N) is 2. The number of aromatic nitrogens is 1. The minimum absolute atomic E-state index is 0.198. The van der Waals surface area contributed by atoms with Gasteiger partial charge in [-0.15, -0.1) is 11.3 Å². The van der Waals surface area contributed by atoms with Gasteiger partial charge in [-0.2, -0.15) is 0 Å². The minimum Gasteiger partial charge on any atom is -0.466 e. The van der Waals surface area contributed by atoms with E-state index in [1.54, 1.807) is 29.7 Å². The number of benzene rings is 1. The van der Waals surface area contributed by atoms with Gasteiger partial charge in [0.1, 0.15) is 6.04 Å². The molecular formula is C20H15ClN2O3S2. The SMILES string of the molecule is COC(=O)C1=C(C)N=c2s/c(=C\c3cccc(Cl)c3)c(=O)n2[C@H]1c1cccs1. The van der Waals surface area contributed by atoms with Crippen molar-refractivity contribution in [2.45, 2.75) is 13.0 Å². The standard InChI is InChI=1S/C20H15ClN2O3S2/c1-11-16(19(25)26-2)17(14-7-4-8-27-14)23-18(24)15(28-20(23)22-11)10-12-5-3-6-13(21)9-12/h3-10,17H,1-2H3/b15-10-/t17-/m0/s1. The summed E-state index contributed by atoms with van der Waals surface area (Å²) in [6, 6.07) is 10.5. The Balaban J connectivity index is 1.97. The molecule has 3 heterocycles. The lowest BCUT2D eigenvalue weighted by atomic mass is 10.0. The van der Waals surface area contributed by atoms with Gasteiger partial charge in [-0.05, 0) is 42.1 Å². The average molecular weight is 431 g/mol. The Bertz CT molecular complexity index is 1270. The highest BCUT2D eigenvalue weighted by atomic mass is 35.5. The quantitative estimate of drug-likeness (QED) is 0.600. The average Bonchev–Trinajstić information content (AvgIpc) is 3.29. The number of rotatable bonds is 3. The molecule has 1 atom stereocenters. The highest BCUT2D eigenvalue weighted by Crippen LogP contribution is 2.32. The molecule has 1 aromatic carbocycles. The second-order valence-electron chi connectivity index (χ2n) is 6.14. The van der Waals surface area contributed by atoms with Crippen molar-refractivity contribution in [2.24, 2.45) is 4.99 Å². The number of thiazole rings is 1. The first kappa shape index (κ1) is 18.9. The Morgan fingerprint density at radius 2 is 2.14 bits per heavy atom. The predicted octanol–water partition coefficient (Wildman–Crippen LogP) is 3.12. The molecule has 0 bridgehead atoms. The summed E-state index contributed by atoms with van der Waals surface area (Å²) in [5, 5.41) is 2.52. The molecule has 3 aromatic rings. The number of carbonyl (C=O) groups excluding carboxylic acids is 1. The number of esters is 1. The Morgan fingerprint density at radius 3 is 2.82 bits per heavy atom. The number of fused-ring (bicyclic) bond motifs is 1. The highest BCUT2D eigenvalue weighted by molar-refractivity contribution is 7.10. The summed E-state index contributed by atoms with van der Waals surface area (Å²) in [6.45, 7) is 1.76. The van der Waals surface area contributed by atoms with Crippen LogP contribution >= 0.6 is 34.3 Å². The van der Waals surface area contributed by atoms with Crippen molar-refractivity contribution in [1.29, 1.82) is 0 Å². The highest BCUT2D eigenvalue weighted by Gasteiger charge is 2.33. The van der Waals surface area contributed by atoms with Crippen molar-refractivity contribution < 1.29 is 9.53 Å². The van der Waals surface area contributed by atoms with Crippen LogP contribution in [-0.2, 0) is 9.53 Å². The summed E-state index contributed by atoms with van der Waals surface area (Å²) in [7, 11) is 1.33. The van der Waals surface area contributed by atoms with E-state index in [9.17, 15) is 9.59 Å². The normalized spacial score (nSPS) is 16.7. The number of thiophene rings is 1. The van der Waals surface area contributed by atoms with E-state index in [0.29, 0.717) is 25.6 Å². The number of carbonyl (C=O) groups is 1. The van der Waals surface area contributed by atoms with Crippen LogP contribution in [0.3, 0.4) is 0 Å². The third-order valence-corrected chi connectivity index (χ3v) is 6.53. The Kier molecular flexibility index (Phi) is 5.05. The van der Waals surface area contributed by atoms with Gasteiger partial charge in [0.2, 0.25) is 0 Å². The van der Waals surface area contributed by atoms with Crippen molar-refractivity contribution >= 4 is 46.3 Å². The van der Waals surface area contributed by atoms with Crippen molar-refractivity contribution in [3.63, 3.8) is 0 Å². The van der Waals surface area contributed by atoms with Crippen molar-refractivity contribution in [3.05, 3.63) is 88.2 Å².